The molecule has 30 heavy (non-hydrogen) atoms. The number of hydrogen-bond acceptors (Lipinski definition) is 5. The lowest BCUT2D eigenvalue weighted by atomic mass is 9.78. The van der Waals surface area contributed by atoms with Crippen LogP contribution in [0.2, 0.25) is 0 Å². The van der Waals surface area contributed by atoms with Crippen LogP contribution in [0.25, 0.3) is 0 Å². The smallest absolute Gasteiger partial charge is 0.259 e. The highest BCUT2D eigenvalue weighted by molar-refractivity contribution is 7.12. The predicted octanol–water partition coefficient (Wildman–Crippen LogP) is 3.22. The molecule has 0 aliphatic rings. The summed E-state index contributed by atoms with van der Waals surface area (Å²) < 4.78 is 0. The number of phenolic OH excluding ortho intramolecular Hbond substituents is 1. The lowest BCUT2D eigenvalue weighted by Crippen LogP contribution is -2.36. The quantitative estimate of drug-likeness (QED) is 0.331. The number of nitrogens with one attached hydrogen (secondary N) is 2. The van der Waals surface area contributed by atoms with E-state index < -0.39 is 11.8 Å². The molecule has 2 amide bonds. The van der Waals surface area contributed by atoms with Crippen molar-refractivity contribution in [3.8, 4) is 5.75 Å². The zero-order valence-electron chi connectivity index (χ0n) is 18.3. The zero-order valence-corrected chi connectivity index (χ0v) is 19.1. The van der Waals surface area contributed by atoms with Crippen molar-refractivity contribution in [2.24, 2.45) is 10.8 Å². The van der Waals surface area contributed by atoms with Crippen molar-refractivity contribution < 1.29 is 14.7 Å². The third-order valence-electron chi connectivity index (χ3n) is 4.47. The molecule has 2 rings (SSSR count). The van der Waals surface area contributed by atoms with Crippen molar-refractivity contribution in [2.45, 2.75) is 52.4 Å². The van der Waals surface area contributed by atoms with Gasteiger partial charge in [-0.3, -0.25) is 9.59 Å². The minimum atomic E-state index is -0.492. The van der Waals surface area contributed by atoms with Crippen molar-refractivity contribution in [1.82, 2.24) is 10.7 Å². The van der Waals surface area contributed by atoms with Gasteiger partial charge in [-0.15, -0.1) is 11.3 Å². The summed E-state index contributed by atoms with van der Waals surface area (Å²) in [6.07, 6.45) is 0. The third kappa shape index (κ3) is 5.82. The predicted molar refractivity (Wildman–Crippen MR) is 121 cm³/mol. The number of hydrazone groups is 1. The average molecular weight is 431 g/mol. The summed E-state index contributed by atoms with van der Waals surface area (Å²) in [5, 5.41) is 19.1. The Morgan fingerprint density at radius 3 is 2.13 bits per heavy atom. The summed E-state index contributed by atoms with van der Waals surface area (Å²) in [4.78, 5) is 25.5. The molecule has 0 spiro atoms. The highest BCUT2D eigenvalue weighted by Crippen LogP contribution is 2.39. The number of carbonyl (C=O) groups excluding carboxylic acids is 2. The molecule has 1 heterocycles. The number of carbonyl (C=O) groups is 2. The molecule has 0 atom stereocenters. The third-order valence-corrected chi connectivity index (χ3v) is 5.36. The first-order valence-corrected chi connectivity index (χ1v) is 10.5. The molecule has 1 aromatic carbocycles. The maximum atomic E-state index is 12.7. The van der Waals surface area contributed by atoms with Crippen LogP contribution in [0.4, 0.5) is 0 Å². The summed E-state index contributed by atoms with van der Waals surface area (Å²) in [7, 11) is 0. The van der Waals surface area contributed by atoms with E-state index in [1.165, 1.54) is 11.3 Å². The molecule has 2 aromatic rings. The van der Waals surface area contributed by atoms with Gasteiger partial charge in [0.05, 0.1) is 11.4 Å². The Kier molecular flexibility index (Phi) is 6.92. The van der Waals surface area contributed by atoms with Crippen LogP contribution in [0.5, 0.6) is 5.75 Å². The van der Waals surface area contributed by atoms with Gasteiger partial charge in [-0.05, 0) is 34.4 Å². The molecule has 0 saturated carbocycles. The fraction of sp³-hybridized carbons (Fsp3) is 0.409. The van der Waals surface area contributed by atoms with Crippen molar-refractivity contribution in [3.05, 3.63) is 51.2 Å². The number of hydrogen-bond donors (Lipinski definition) is 4. The Labute approximate surface area is 181 Å². The molecular weight excluding hydrogens is 400 g/mol. The van der Waals surface area contributed by atoms with Gasteiger partial charge in [-0.1, -0.05) is 47.6 Å². The van der Waals surface area contributed by atoms with Gasteiger partial charge in [-0.2, -0.15) is 5.10 Å². The van der Waals surface area contributed by atoms with Crippen LogP contribution in [-0.2, 0) is 15.6 Å². The molecule has 0 aliphatic heterocycles. The highest BCUT2D eigenvalue weighted by Gasteiger charge is 2.27. The molecule has 7 nitrogen and oxygen atoms in total. The lowest BCUT2D eigenvalue weighted by Gasteiger charge is -2.28. The fourth-order valence-electron chi connectivity index (χ4n) is 2.81. The van der Waals surface area contributed by atoms with E-state index in [9.17, 15) is 14.7 Å². The van der Waals surface area contributed by atoms with Crippen molar-refractivity contribution in [2.75, 3.05) is 6.54 Å². The van der Waals surface area contributed by atoms with E-state index in [2.05, 4.69) is 15.8 Å². The Hall–Kier alpha value is -2.87. The van der Waals surface area contributed by atoms with Gasteiger partial charge in [0.1, 0.15) is 5.75 Å². The number of aromatic hydroxyl groups is 1. The van der Waals surface area contributed by atoms with Crippen LogP contribution in [0, 0.1) is 0 Å². The summed E-state index contributed by atoms with van der Waals surface area (Å²) in [6, 6.07) is 6.97. The van der Waals surface area contributed by atoms with E-state index in [0.29, 0.717) is 16.7 Å². The second kappa shape index (κ2) is 8.87. The number of thiophene rings is 1. The number of rotatable bonds is 5. The summed E-state index contributed by atoms with van der Waals surface area (Å²) in [5.41, 5.74) is 9.16. The second-order valence-electron chi connectivity index (χ2n) is 9.11. The van der Waals surface area contributed by atoms with Crippen molar-refractivity contribution >= 4 is 29.0 Å². The molecule has 8 heteroatoms. The van der Waals surface area contributed by atoms with Crippen LogP contribution in [0.1, 0.15) is 67.9 Å². The van der Waals surface area contributed by atoms with E-state index >= 15 is 0 Å². The molecule has 0 fully saturated rings. The molecule has 0 unspecified atom stereocenters. The highest BCUT2D eigenvalue weighted by atomic mass is 32.1. The molecule has 5 N–H and O–H groups in total. The number of phenols is 1. The molecule has 0 bridgehead atoms. The number of amidine groups is 1. The molecular formula is C22H30N4O3S. The van der Waals surface area contributed by atoms with Gasteiger partial charge in [0, 0.05) is 16.7 Å². The minimum Gasteiger partial charge on any atom is -0.507 e. The van der Waals surface area contributed by atoms with E-state index in [4.69, 9.17) is 5.73 Å². The first-order chi connectivity index (χ1) is 13.8. The van der Waals surface area contributed by atoms with Crippen LogP contribution >= 0.6 is 11.3 Å². The van der Waals surface area contributed by atoms with E-state index in [-0.39, 0.29) is 29.0 Å². The van der Waals surface area contributed by atoms with Crippen LogP contribution in [0.15, 0.2) is 34.7 Å². The summed E-state index contributed by atoms with van der Waals surface area (Å²) in [5.74, 6) is -0.499. The normalized spacial score (nSPS) is 12.5. The topological polar surface area (TPSA) is 117 Å². The second-order valence-corrected chi connectivity index (χ2v) is 10.1. The standard InChI is InChI=1S/C22H30N4O3S/c1-21(2,3)14-10-13(11-15(18(14)28)22(4,5)6)20(29)24-12-17(27)25-26-19(23)16-8-7-9-30-16/h7-11,28H,12H2,1-6H3,(H2,23,26)(H,24,29)(H,25,27). The fourth-order valence-corrected chi connectivity index (χ4v) is 3.44. The number of amides is 2. The molecule has 1 aromatic heterocycles. The van der Waals surface area contributed by atoms with Gasteiger partial charge in [0.15, 0.2) is 5.84 Å². The zero-order chi connectivity index (χ0) is 22.7. The van der Waals surface area contributed by atoms with Crippen LogP contribution in [-0.4, -0.2) is 29.3 Å². The number of nitrogens with zero attached hydrogens (tertiary/aromatic N) is 1. The van der Waals surface area contributed by atoms with Gasteiger partial charge >= 0.3 is 0 Å². The van der Waals surface area contributed by atoms with Crippen molar-refractivity contribution in [3.63, 3.8) is 0 Å². The van der Waals surface area contributed by atoms with Crippen LogP contribution in [0.3, 0.4) is 0 Å². The van der Waals surface area contributed by atoms with Gasteiger partial charge in [0.2, 0.25) is 0 Å². The maximum Gasteiger partial charge on any atom is 0.259 e. The molecule has 0 aliphatic carbocycles. The Morgan fingerprint density at radius 2 is 1.67 bits per heavy atom. The Balaban J connectivity index is 2.14. The van der Waals surface area contributed by atoms with Gasteiger partial charge in [-0.25, -0.2) is 5.43 Å². The van der Waals surface area contributed by atoms with E-state index in [1.807, 2.05) is 53.0 Å². The number of nitrogens with two attached hydrogens (primary N) is 1. The Morgan fingerprint density at radius 1 is 1.10 bits per heavy atom. The summed E-state index contributed by atoms with van der Waals surface area (Å²) in [6.45, 7) is 11.6. The summed E-state index contributed by atoms with van der Waals surface area (Å²) >= 11 is 1.41. The first kappa shape index (κ1) is 23.4. The monoisotopic (exact) mass is 430 g/mol. The van der Waals surface area contributed by atoms with Crippen LogP contribution < -0.4 is 16.5 Å². The molecule has 0 radical (unpaired) electrons. The lowest BCUT2D eigenvalue weighted by molar-refractivity contribution is -0.120. The Bertz CT molecular complexity index is 917. The molecule has 162 valence electrons. The maximum absolute atomic E-state index is 12.7. The van der Waals surface area contributed by atoms with E-state index in [1.54, 1.807) is 18.2 Å². The largest absolute Gasteiger partial charge is 0.507 e. The number of benzene rings is 1. The molecule has 0 saturated heterocycles. The first-order valence-electron chi connectivity index (χ1n) is 9.62. The van der Waals surface area contributed by atoms with E-state index in [0.717, 1.165) is 4.88 Å². The minimum absolute atomic E-state index is 0.197. The van der Waals surface area contributed by atoms with Crippen molar-refractivity contribution in [1.29, 1.82) is 0 Å². The van der Waals surface area contributed by atoms with Gasteiger partial charge < -0.3 is 16.2 Å². The average Bonchev–Trinajstić information content (AvgIpc) is 3.17. The SMILES string of the molecule is CC(C)(C)c1cc(C(=O)NCC(=O)NN=C(N)c2cccs2)cc(C(C)(C)C)c1O. The van der Waals surface area contributed by atoms with Gasteiger partial charge in [0.25, 0.3) is 11.8 Å².